The molecule has 0 saturated carbocycles. The summed E-state index contributed by atoms with van der Waals surface area (Å²) >= 11 is 5.85. The second kappa shape index (κ2) is 5.67. The summed E-state index contributed by atoms with van der Waals surface area (Å²) in [7, 11) is 1.86. The third-order valence-corrected chi connectivity index (χ3v) is 3.64. The van der Waals surface area contributed by atoms with Crippen LogP contribution in [-0.2, 0) is 0 Å². The van der Waals surface area contributed by atoms with Gasteiger partial charge in [-0.1, -0.05) is 17.7 Å². The number of hydrogen-bond acceptors (Lipinski definition) is 2. The molecule has 1 N–H and O–H groups in total. The van der Waals surface area contributed by atoms with Crippen LogP contribution in [0.1, 0.15) is 23.2 Å². The molecule has 1 amide bonds. The van der Waals surface area contributed by atoms with Gasteiger partial charge in [-0.15, -0.1) is 0 Å². The Hall–Kier alpha value is -1.13. The van der Waals surface area contributed by atoms with Crippen LogP contribution < -0.4 is 5.32 Å². The van der Waals surface area contributed by atoms with Crippen molar-refractivity contribution in [2.24, 2.45) is 0 Å². The molecule has 3 nitrogen and oxygen atoms in total. The van der Waals surface area contributed by atoms with Gasteiger partial charge in [0.05, 0.1) is 10.6 Å². The highest BCUT2D eigenvalue weighted by Crippen LogP contribution is 2.25. The van der Waals surface area contributed by atoms with E-state index in [9.17, 15) is 9.18 Å². The maximum atomic E-state index is 13.4. The van der Waals surface area contributed by atoms with Crippen molar-refractivity contribution in [3.8, 4) is 0 Å². The third kappa shape index (κ3) is 2.49. The Bertz CT molecular complexity index is 453. The molecule has 0 radical (unpaired) electrons. The molecule has 98 valence electrons. The van der Waals surface area contributed by atoms with Crippen molar-refractivity contribution in [2.75, 3.05) is 20.1 Å². The van der Waals surface area contributed by atoms with Gasteiger partial charge in [0, 0.05) is 19.1 Å². The van der Waals surface area contributed by atoms with Crippen molar-refractivity contribution in [3.05, 3.63) is 34.6 Å². The molecule has 5 heteroatoms. The van der Waals surface area contributed by atoms with E-state index in [0.717, 1.165) is 19.4 Å². The monoisotopic (exact) mass is 270 g/mol. The van der Waals surface area contributed by atoms with E-state index in [4.69, 9.17) is 11.6 Å². The largest absolute Gasteiger partial charge is 0.334 e. The Kier molecular flexibility index (Phi) is 4.19. The number of halogens is 2. The predicted molar refractivity (Wildman–Crippen MR) is 69.4 cm³/mol. The summed E-state index contributed by atoms with van der Waals surface area (Å²) in [5.74, 6) is -0.732. The molecule has 18 heavy (non-hydrogen) atoms. The van der Waals surface area contributed by atoms with E-state index in [1.165, 1.54) is 12.1 Å². The lowest BCUT2D eigenvalue weighted by molar-refractivity contribution is 0.0736. The van der Waals surface area contributed by atoms with Crippen molar-refractivity contribution in [1.29, 1.82) is 0 Å². The van der Waals surface area contributed by atoms with Crippen LogP contribution in [-0.4, -0.2) is 37.0 Å². The highest BCUT2D eigenvalue weighted by molar-refractivity contribution is 6.34. The fourth-order valence-electron chi connectivity index (χ4n) is 2.37. The minimum Gasteiger partial charge on any atom is -0.334 e. The van der Waals surface area contributed by atoms with Gasteiger partial charge in [0.25, 0.3) is 5.91 Å². The van der Waals surface area contributed by atoms with Gasteiger partial charge in [0.2, 0.25) is 0 Å². The van der Waals surface area contributed by atoms with Gasteiger partial charge in [-0.05, 0) is 32.0 Å². The standard InChI is InChI=1S/C13H16ClFN2O/c1-16-8-9-4-3-7-17(9)13(18)10-5-2-6-11(15)12(10)14/h2,5-6,9,16H,3-4,7-8H2,1H3/t9-/m0/s1. The summed E-state index contributed by atoms with van der Waals surface area (Å²) in [5.41, 5.74) is 0.250. The zero-order chi connectivity index (χ0) is 13.1. The molecule has 1 heterocycles. The van der Waals surface area contributed by atoms with E-state index in [2.05, 4.69) is 5.32 Å². The van der Waals surface area contributed by atoms with E-state index >= 15 is 0 Å². The van der Waals surface area contributed by atoms with Crippen molar-refractivity contribution in [2.45, 2.75) is 18.9 Å². The molecule has 0 bridgehead atoms. The number of likely N-dealkylation sites (N-methyl/N-ethyl adjacent to an activating group) is 1. The molecule has 1 aliphatic heterocycles. The van der Waals surface area contributed by atoms with Gasteiger partial charge in [0.1, 0.15) is 5.82 Å². The first-order chi connectivity index (χ1) is 8.65. The Morgan fingerprint density at radius 3 is 3.11 bits per heavy atom. The third-order valence-electron chi connectivity index (χ3n) is 3.26. The van der Waals surface area contributed by atoms with Crippen LogP contribution in [0.25, 0.3) is 0 Å². The molecule has 1 aromatic rings. The number of carbonyl (C=O) groups excluding carboxylic acids is 1. The summed E-state index contributed by atoms with van der Waals surface area (Å²) in [6.07, 6.45) is 1.95. The molecule has 0 aromatic heterocycles. The second-order valence-corrected chi connectivity index (χ2v) is 4.83. The minimum absolute atomic E-state index is 0.0855. The summed E-state index contributed by atoms with van der Waals surface area (Å²) < 4.78 is 13.4. The Balaban J connectivity index is 2.23. The van der Waals surface area contributed by atoms with Crippen LogP contribution in [0.2, 0.25) is 5.02 Å². The van der Waals surface area contributed by atoms with E-state index in [1.54, 1.807) is 11.0 Å². The lowest BCUT2D eigenvalue weighted by atomic mass is 10.1. The summed E-state index contributed by atoms with van der Waals surface area (Å²) in [4.78, 5) is 14.1. The van der Waals surface area contributed by atoms with Gasteiger partial charge in [-0.3, -0.25) is 4.79 Å². The Morgan fingerprint density at radius 2 is 2.39 bits per heavy atom. The van der Waals surface area contributed by atoms with Crippen molar-refractivity contribution >= 4 is 17.5 Å². The Morgan fingerprint density at radius 1 is 1.61 bits per heavy atom. The van der Waals surface area contributed by atoms with Crippen LogP contribution in [0.5, 0.6) is 0 Å². The van der Waals surface area contributed by atoms with Gasteiger partial charge < -0.3 is 10.2 Å². The van der Waals surface area contributed by atoms with Crippen molar-refractivity contribution < 1.29 is 9.18 Å². The number of rotatable bonds is 3. The zero-order valence-corrected chi connectivity index (χ0v) is 11.0. The zero-order valence-electron chi connectivity index (χ0n) is 10.2. The molecule has 0 aliphatic carbocycles. The molecule has 0 unspecified atom stereocenters. The molecule has 1 atom stereocenters. The van der Waals surface area contributed by atoms with Crippen LogP contribution in [0.15, 0.2) is 18.2 Å². The fourth-order valence-corrected chi connectivity index (χ4v) is 2.58. The lowest BCUT2D eigenvalue weighted by Crippen LogP contribution is -2.41. The molecular weight excluding hydrogens is 255 g/mol. The number of likely N-dealkylation sites (tertiary alicyclic amines) is 1. The van der Waals surface area contributed by atoms with Gasteiger partial charge in [-0.25, -0.2) is 4.39 Å². The SMILES string of the molecule is CNC[C@@H]1CCCN1C(=O)c1cccc(F)c1Cl. The van der Waals surface area contributed by atoms with Crippen molar-refractivity contribution in [3.63, 3.8) is 0 Å². The molecule has 1 saturated heterocycles. The average molecular weight is 271 g/mol. The first kappa shape index (κ1) is 13.3. The highest BCUT2D eigenvalue weighted by Gasteiger charge is 2.30. The smallest absolute Gasteiger partial charge is 0.255 e. The van der Waals surface area contributed by atoms with Crippen LogP contribution in [0.3, 0.4) is 0 Å². The lowest BCUT2D eigenvalue weighted by Gasteiger charge is -2.25. The van der Waals surface area contributed by atoms with Crippen LogP contribution in [0.4, 0.5) is 4.39 Å². The summed E-state index contributed by atoms with van der Waals surface area (Å²) in [6.45, 7) is 1.46. The number of benzene rings is 1. The minimum atomic E-state index is -0.549. The first-order valence-electron chi connectivity index (χ1n) is 6.04. The number of nitrogens with zero attached hydrogens (tertiary/aromatic N) is 1. The van der Waals surface area contributed by atoms with Crippen molar-refractivity contribution in [1.82, 2.24) is 10.2 Å². The van der Waals surface area contributed by atoms with Crippen LogP contribution >= 0.6 is 11.6 Å². The summed E-state index contributed by atoms with van der Waals surface area (Å²) in [6, 6.07) is 4.51. The van der Waals surface area contributed by atoms with Gasteiger partial charge in [-0.2, -0.15) is 0 Å². The van der Waals surface area contributed by atoms with E-state index in [-0.39, 0.29) is 22.5 Å². The number of carbonyl (C=O) groups is 1. The quantitative estimate of drug-likeness (QED) is 0.914. The fraction of sp³-hybridized carbons (Fsp3) is 0.462. The Labute approximate surface area is 111 Å². The summed E-state index contributed by atoms with van der Waals surface area (Å²) in [5, 5.41) is 2.99. The second-order valence-electron chi connectivity index (χ2n) is 4.45. The average Bonchev–Trinajstić information content (AvgIpc) is 2.80. The van der Waals surface area contributed by atoms with Gasteiger partial charge >= 0.3 is 0 Å². The first-order valence-corrected chi connectivity index (χ1v) is 6.42. The molecule has 1 aromatic carbocycles. The number of nitrogens with one attached hydrogen (secondary N) is 1. The molecule has 0 spiro atoms. The molecule has 1 fully saturated rings. The number of amides is 1. The van der Waals surface area contributed by atoms with E-state index in [0.29, 0.717) is 6.54 Å². The predicted octanol–water partition coefficient (Wildman–Crippen LogP) is 2.30. The molecular formula is C13H16ClFN2O. The molecule has 2 rings (SSSR count). The topological polar surface area (TPSA) is 32.3 Å². The van der Waals surface area contributed by atoms with Gasteiger partial charge in [0.15, 0.2) is 0 Å². The highest BCUT2D eigenvalue weighted by atomic mass is 35.5. The normalized spacial score (nSPS) is 19.3. The van der Waals surface area contributed by atoms with E-state index < -0.39 is 5.82 Å². The number of hydrogen-bond donors (Lipinski definition) is 1. The van der Waals surface area contributed by atoms with E-state index in [1.807, 2.05) is 7.05 Å². The van der Waals surface area contributed by atoms with Crippen LogP contribution in [0, 0.1) is 5.82 Å². The maximum Gasteiger partial charge on any atom is 0.255 e. The molecule has 1 aliphatic rings. The maximum absolute atomic E-state index is 13.4.